The molecule has 0 bridgehead atoms. The molecule has 0 saturated carbocycles. The average molecular weight is 1860 g/mol. The minimum atomic E-state index is -1.93. The molecule has 132 heavy (non-hydrogen) atoms. The van der Waals surface area contributed by atoms with Crippen molar-refractivity contribution in [1.29, 1.82) is 0 Å². The standard InChI is InChI=1S/C92H119F4N17O18S/c1-9-10-23-72-91(130)113-35-18-25-71(113)86(125)106-68(45-97)84(123)108-79(51(4)5)92(131)110(7)73(41-52-19-12-11-13-20-52)87(126)105-67(44-77(117)118)89(128)112-34-17-16-24-70(112)85(124)104-65(43-56-46-99-62-22-15-14-21-59(56)62)83(122)103-64(39-53-28-32-58(114)33-29-53)82(121)102-63(36-50(2)3)81(120)107-69(80(119)100-47-75(98)115)48-132-49-76(116)101-66(40-55-37-60(94)78(96)61(95)38-55)88(127)111(8)74(90(129)109(72)6)42-54-26-30-57(93)31-27-54/h11-15,19-22,26-33,37-38,46,50-51,63-74,79,91,99,114,130H,9-10,16-18,23-25,34-36,39-45,47-49,97H2,1-8H3,(H2,98,115)(H,100,119)(H,101,116)(H,102,121)(H,103,122)(H,104,124)(H,105,126)(H,106,125)(H,107,120)(H,108,123)(H,117,118)/t63-,64-,65-,66-,67-,68-,69-,70+,71+,72-,73?,74-,79-,91?/m0/s1. The van der Waals surface area contributed by atoms with Crippen LogP contribution in [0.3, 0.4) is 0 Å². The predicted octanol–water partition coefficient (Wildman–Crippen LogP) is 2.14. The van der Waals surface area contributed by atoms with Crippen LogP contribution in [0.5, 0.6) is 5.75 Å². The van der Waals surface area contributed by atoms with Gasteiger partial charge in [0.25, 0.3) is 0 Å². The number of hydrogen-bond donors (Lipinski definition) is 15. The highest BCUT2D eigenvalue weighted by molar-refractivity contribution is 8.00. The number of likely N-dealkylation sites (N-methyl/N-ethyl adjacent to an activating group) is 3. The van der Waals surface area contributed by atoms with Gasteiger partial charge in [-0.05, 0) is 127 Å². The summed E-state index contributed by atoms with van der Waals surface area (Å²) in [5.41, 5.74) is 13.5. The van der Waals surface area contributed by atoms with Crippen LogP contribution in [0.2, 0.25) is 0 Å². The molecule has 0 spiro atoms. The number of aromatic hydroxyl groups is 1. The first-order valence-corrected chi connectivity index (χ1v) is 45.2. The smallest absolute Gasteiger partial charge is 0.305 e. The number of primary amides is 1. The number of hydrogen-bond acceptors (Lipinski definition) is 20. The number of fused-ring (bicyclic) bond motifs is 3. The number of H-pyrrole nitrogens is 1. The molecule has 14 atom stereocenters. The summed E-state index contributed by atoms with van der Waals surface area (Å²) in [6.45, 7) is 6.91. The van der Waals surface area contributed by atoms with Crippen LogP contribution in [0, 0.1) is 35.1 Å². The van der Waals surface area contributed by atoms with E-state index >= 15 is 51.9 Å². The number of nitrogens with one attached hydrogen (secondary N) is 10. The van der Waals surface area contributed by atoms with Gasteiger partial charge in [0.2, 0.25) is 82.7 Å². The highest BCUT2D eigenvalue weighted by Crippen LogP contribution is 2.30. The number of rotatable bonds is 22. The molecule has 714 valence electrons. The number of amides is 14. The second-order valence-electron chi connectivity index (χ2n) is 34.4. The third-order valence-electron chi connectivity index (χ3n) is 23.8. The summed E-state index contributed by atoms with van der Waals surface area (Å²) < 4.78 is 59.8. The lowest BCUT2D eigenvalue weighted by Crippen LogP contribution is -2.63. The van der Waals surface area contributed by atoms with E-state index in [4.69, 9.17) is 11.5 Å². The normalized spacial score (nSPS) is 24.5. The van der Waals surface area contributed by atoms with E-state index in [1.165, 1.54) is 62.4 Å². The van der Waals surface area contributed by atoms with Gasteiger partial charge in [-0.1, -0.05) is 120 Å². The van der Waals surface area contributed by atoms with Crippen LogP contribution >= 0.6 is 11.8 Å². The number of halogens is 4. The molecule has 3 aliphatic heterocycles. The molecule has 14 amide bonds. The molecule has 5 aromatic carbocycles. The minimum Gasteiger partial charge on any atom is -0.508 e. The van der Waals surface area contributed by atoms with Crippen LogP contribution in [-0.4, -0.2) is 277 Å². The van der Waals surface area contributed by atoms with Crippen molar-refractivity contribution in [3.63, 3.8) is 0 Å². The highest BCUT2D eigenvalue weighted by atomic mass is 32.2. The molecule has 6 aromatic rings. The van der Waals surface area contributed by atoms with E-state index in [9.17, 15) is 52.9 Å². The zero-order valence-corrected chi connectivity index (χ0v) is 75.7. The largest absolute Gasteiger partial charge is 0.508 e. The molecule has 17 N–H and O–H groups in total. The average Bonchev–Trinajstić information content (AvgIpc) is 1.45. The molecule has 35 nitrogen and oxygen atoms in total. The summed E-state index contributed by atoms with van der Waals surface area (Å²) in [5, 5.41) is 57.9. The molecule has 0 radical (unpaired) electrons. The van der Waals surface area contributed by atoms with Gasteiger partial charge in [0.1, 0.15) is 84.3 Å². The van der Waals surface area contributed by atoms with Crippen molar-refractivity contribution in [3.05, 3.63) is 173 Å². The highest BCUT2D eigenvalue weighted by Gasteiger charge is 2.46. The van der Waals surface area contributed by atoms with E-state index in [0.717, 1.165) is 31.7 Å². The molecule has 1 aromatic heterocycles. The number of aliphatic hydroxyl groups is 1. The lowest BCUT2D eigenvalue weighted by molar-refractivity contribution is -0.152. The fourth-order valence-electron chi connectivity index (χ4n) is 16.5. The quantitative estimate of drug-likeness (QED) is 0.0342. The van der Waals surface area contributed by atoms with Crippen molar-refractivity contribution in [2.24, 2.45) is 23.3 Å². The fourth-order valence-corrected chi connectivity index (χ4v) is 17.4. The Balaban J connectivity index is 1.13. The zero-order chi connectivity index (χ0) is 96.5. The van der Waals surface area contributed by atoms with E-state index in [2.05, 4.69) is 52.8 Å². The Hall–Kier alpha value is -12.6. The number of carboxylic acid groups (broad SMARTS) is 1. The number of nitrogens with zero attached hydrogens (tertiary/aromatic N) is 5. The molecule has 3 fully saturated rings. The summed E-state index contributed by atoms with van der Waals surface area (Å²) in [6.07, 6.45) is -1.65. The van der Waals surface area contributed by atoms with Crippen molar-refractivity contribution < 1.29 is 105 Å². The van der Waals surface area contributed by atoms with E-state index in [1.54, 1.807) is 88.5 Å². The number of benzene rings is 5. The van der Waals surface area contributed by atoms with Gasteiger partial charge in [-0.25, -0.2) is 17.6 Å². The van der Waals surface area contributed by atoms with Gasteiger partial charge >= 0.3 is 5.97 Å². The van der Waals surface area contributed by atoms with Crippen LogP contribution in [0.15, 0.2) is 121 Å². The summed E-state index contributed by atoms with van der Waals surface area (Å²) in [6, 6.07) is 6.16. The van der Waals surface area contributed by atoms with Gasteiger partial charge < -0.3 is 99.2 Å². The predicted molar refractivity (Wildman–Crippen MR) is 479 cm³/mol. The Morgan fingerprint density at radius 1 is 0.561 bits per heavy atom. The first kappa shape index (κ1) is 103. The van der Waals surface area contributed by atoms with Crippen molar-refractivity contribution >= 4 is 111 Å². The van der Waals surface area contributed by atoms with Gasteiger partial charge in [0, 0.05) is 95.7 Å². The van der Waals surface area contributed by atoms with Crippen LogP contribution < -0.4 is 59.3 Å². The topological polar surface area (TPSA) is 509 Å². The maximum Gasteiger partial charge on any atom is 0.305 e. The first-order chi connectivity index (χ1) is 62.7. The Labute approximate surface area is 765 Å². The van der Waals surface area contributed by atoms with E-state index < -0.39 is 252 Å². The maximum atomic E-state index is 15.7. The van der Waals surface area contributed by atoms with Crippen LogP contribution in [-0.2, 0) is 104 Å². The number of aromatic nitrogens is 1. The number of aliphatic hydroxyl groups excluding tert-OH is 1. The molecule has 4 heterocycles. The number of unbranched alkanes of at least 4 members (excludes halogenated alkanes) is 1. The zero-order valence-electron chi connectivity index (χ0n) is 74.9. The molecule has 9 rings (SSSR count). The number of nitrogens with two attached hydrogens (primary N) is 2. The number of carboxylic acids is 1. The van der Waals surface area contributed by atoms with Gasteiger partial charge in [-0.3, -0.25) is 76.8 Å². The maximum absolute atomic E-state index is 15.7. The van der Waals surface area contributed by atoms with Gasteiger partial charge in [-0.2, -0.15) is 0 Å². The second kappa shape index (κ2) is 48.5. The molecule has 2 unspecified atom stereocenters. The van der Waals surface area contributed by atoms with Crippen molar-refractivity contribution in [2.75, 3.05) is 58.8 Å². The van der Waals surface area contributed by atoms with Crippen LogP contribution in [0.25, 0.3) is 10.9 Å². The number of phenolic OH excluding ortho intramolecular Hbond substituents is 1. The Kier molecular flexibility index (Phi) is 37.9. The molecular formula is C92H119F4N17O18S. The van der Waals surface area contributed by atoms with Gasteiger partial charge in [0.05, 0.1) is 30.8 Å². The number of carbonyl (C=O) groups is 15. The number of thioether (sulfide) groups is 1. The SMILES string of the molecule is CCCC[C@H]1C(O)N2CCC[C@@H]2C(=O)N[C@@H](CN)C(=O)N[C@@H](C(C)C)C(=O)N(C)C(Cc2ccccc2)C(=O)N[C@@H](CC(=O)O)C(=O)N2CCCC[C@@H]2C(=O)N[C@@H](Cc2c[nH]c3ccccc23)C(=O)N[C@@H](Cc2ccc(O)cc2)C(=O)N[C@@H](CC(C)C)C(=O)N[C@H](C(=O)NCC(N)=O)CSCC(=O)N[C@@H](Cc2cc(F)c(F)c(F)c2)C(=O)N(C)[C@@H](Cc2ccc(F)cc2)C(=O)N1C. The van der Waals surface area contributed by atoms with E-state index in [1.807, 2.05) is 6.92 Å². The second-order valence-corrected chi connectivity index (χ2v) is 35.4. The molecule has 3 saturated heterocycles. The first-order valence-electron chi connectivity index (χ1n) is 44.0. The van der Waals surface area contributed by atoms with Crippen molar-refractivity contribution in [2.45, 2.75) is 216 Å². The van der Waals surface area contributed by atoms with Crippen molar-refractivity contribution in [1.82, 2.24) is 77.3 Å². The van der Waals surface area contributed by atoms with E-state index in [0.29, 0.717) is 70.8 Å². The Morgan fingerprint density at radius 3 is 1.77 bits per heavy atom. The van der Waals surface area contributed by atoms with Crippen LogP contribution in [0.1, 0.15) is 127 Å². The van der Waals surface area contributed by atoms with Gasteiger partial charge in [0.15, 0.2) is 17.5 Å². The summed E-state index contributed by atoms with van der Waals surface area (Å²) in [4.78, 5) is 231. The Bertz CT molecular complexity index is 5080. The third kappa shape index (κ3) is 28.2. The van der Waals surface area contributed by atoms with Crippen molar-refractivity contribution in [3.8, 4) is 5.75 Å². The Morgan fingerprint density at radius 2 is 1.12 bits per heavy atom. The van der Waals surface area contributed by atoms with Crippen LogP contribution in [0.4, 0.5) is 17.6 Å². The number of piperidine rings is 1. The third-order valence-corrected chi connectivity index (χ3v) is 24.8. The number of aromatic amines is 1. The minimum absolute atomic E-state index is 0.0383. The molecule has 0 aliphatic carbocycles. The summed E-state index contributed by atoms with van der Waals surface area (Å²) >= 11 is 0.661. The lowest BCUT2D eigenvalue weighted by atomic mass is 9.97. The molecule has 3 aliphatic rings. The molecule has 40 heteroatoms. The van der Waals surface area contributed by atoms with Gasteiger partial charge in [-0.15, -0.1) is 11.8 Å². The number of para-hydroxylation sites is 1. The number of phenols is 1. The van der Waals surface area contributed by atoms with E-state index in [-0.39, 0.29) is 87.8 Å². The summed E-state index contributed by atoms with van der Waals surface area (Å²) in [7, 11) is 3.76. The summed E-state index contributed by atoms with van der Waals surface area (Å²) in [5.74, 6) is -23.9. The number of aliphatic carboxylic acids is 1. The lowest BCUT2D eigenvalue weighted by Gasteiger charge is -2.41. The molecular weight excluding hydrogens is 1740 g/mol. The number of carbonyl (C=O) groups excluding carboxylic acids is 14. The fraction of sp³-hybridized carbons (Fsp3) is 0.489. The monoisotopic (exact) mass is 1860 g/mol.